The average molecular weight is 437 g/mol. The summed E-state index contributed by atoms with van der Waals surface area (Å²) < 4.78 is 26.1. The van der Waals surface area contributed by atoms with Crippen LogP contribution in [0.4, 0.5) is 15.9 Å². The number of hydrogen-bond donors (Lipinski definition) is 2. The molecule has 4 rings (SSSR count). The van der Waals surface area contributed by atoms with Gasteiger partial charge >= 0.3 is 0 Å². The largest absolute Gasteiger partial charge is 0.493 e. The summed E-state index contributed by atoms with van der Waals surface area (Å²) in [5.41, 5.74) is 0.795. The van der Waals surface area contributed by atoms with E-state index in [0.717, 1.165) is 25.9 Å². The van der Waals surface area contributed by atoms with Crippen molar-refractivity contribution in [2.45, 2.75) is 18.9 Å². The summed E-state index contributed by atoms with van der Waals surface area (Å²) in [7, 11) is 1.58. The van der Waals surface area contributed by atoms with Gasteiger partial charge in [0.25, 0.3) is 0 Å². The number of fused-ring (bicyclic) bond motifs is 1. The lowest BCUT2D eigenvalue weighted by Crippen LogP contribution is -2.37. The van der Waals surface area contributed by atoms with Crippen molar-refractivity contribution in [2.75, 3.05) is 25.5 Å². The number of methoxy groups -OCH3 is 1. The second-order valence-electron chi connectivity index (χ2n) is 6.68. The van der Waals surface area contributed by atoms with E-state index in [4.69, 9.17) is 32.7 Å². The van der Waals surface area contributed by atoms with Crippen LogP contribution in [-0.2, 0) is 0 Å². The minimum Gasteiger partial charge on any atom is -0.493 e. The molecule has 0 aliphatic carbocycles. The molecule has 3 aromatic rings. The van der Waals surface area contributed by atoms with Gasteiger partial charge in [-0.2, -0.15) is 0 Å². The van der Waals surface area contributed by atoms with Gasteiger partial charge in [0, 0.05) is 18.0 Å². The molecule has 2 N–H and O–H groups in total. The summed E-state index contributed by atoms with van der Waals surface area (Å²) in [6.07, 6.45) is 3.45. The van der Waals surface area contributed by atoms with Gasteiger partial charge in [0.2, 0.25) is 0 Å². The standard InChI is InChI=1S/C20H19Cl2FN4O2/c1-28-16-8-15-12(7-17(16)29-11-3-2-6-24-9-11)20(26-10-25-15)27-14-5-4-13(21)18(22)19(14)23/h4-5,7-8,10-11,24H,2-3,6,9H2,1H3,(H,25,26,27). The molecule has 29 heavy (non-hydrogen) atoms. The Morgan fingerprint density at radius 3 is 2.83 bits per heavy atom. The fourth-order valence-electron chi connectivity index (χ4n) is 3.27. The lowest BCUT2D eigenvalue weighted by atomic mass is 10.1. The van der Waals surface area contributed by atoms with Crippen LogP contribution >= 0.6 is 23.2 Å². The first kappa shape index (κ1) is 19.9. The maximum atomic E-state index is 14.5. The summed E-state index contributed by atoms with van der Waals surface area (Å²) >= 11 is 11.8. The number of rotatable bonds is 5. The van der Waals surface area contributed by atoms with Gasteiger partial charge in [-0.3, -0.25) is 0 Å². The van der Waals surface area contributed by atoms with Crippen molar-refractivity contribution >= 4 is 45.6 Å². The van der Waals surface area contributed by atoms with Gasteiger partial charge in [-0.25, -0.2) is 14.4 Å². The minimum absolute atomic E-state index is 0.0451. The van der Waals surface area contributed by atoms with E-state index in [1.807, 2.05) is 0 Å². The molecule has 0 amide bonds. The molecule has 1 unspecified atom stereocenters. The molecular weight excluding hydrogens is 418 g/mol. The number of anilines is 2. The molecule has 1 aliphatic heterocycles. The predicted octanol–water partition coefficient (Wildman–Crippen LogP) is 4.96. The Hall–Kier alpha value is -2.35. The SMILES string of the molecule is COc1cc2ncnc(Nc3ccc(Cl)c(Cl)c3F)c2cc1OC1CCCNC1. The van der Waals surface area contributed by atoms with Crippen molar-refractivity contribution < 1.29 is 13.9 Å². The van der Waals surface area contributed by atoms with Crippen molar-refractivity contribution in [3.63, 3.8) is 0 Å². The molecular formula is C20H19Cl2FN4O2. The fraction of sp³-hybridized carbons (Fsp3) is 0.300. The number of nitrogens with zero attached hydrogens (tertiary/aromatic N) is 2. The first-order chi connectivity index (χ1) is 14.1. The van der Waals surface area contributed by atoms with Crippen LogP contribution in [0.25, 0.3) is 10.9 Å². The van der Waals surface area contributed by atoms with Gasteiger partial charge in [-0.1, -0.05) is 23.2 Å². The fourth-order valence-corrected chi connectivity index (χ4v) is 3.58. The van der Waals surface area contributed by atoms with E-state index in [9.17, 15) is 4.39 Å². The molecule has 2 heterocycles. The van der Waals surface area contributed by atoms with E-state index in [-0.39, 0.29) is 21.8 Å². The molecule has 0 saturated carbocycles. The minimum atomic E-state index is -0.649. The van der Waals surface area contributed by atoms with E-state index in [2.05, 4.69) is 20.6 Å². The van der Waals surface area contributed by atoms with E-state index in [1.165, 1.54) is 18.5 Å². The first-order valence-corrected chi connectivity index (χ1v) is 9.93. The zero-order valence-corrected chi connectivity index (χ0v) is 17.1. The van der Waals surface area contributed by atoms with E-state index in [1.54, 1.807) is 19.2 Å². The Morgan fingerprint density at radius 1 is 1.21 bits per heavy atom. The van der Waals surface area contributed by atoms with Crippen LogP contribution in [0.5, 0.6) is 11.5 Å². The Bertz CT molecular complexity index is 1040. The number of benzene rings is 2. The Balaban J connectivity index is 1.73. The number of aromatic nitrogens is 2. The summed E-state index contributed by atoms with van der Waals surface area (Å²) in [6.45, 7) is 1.76. The number of hydrogen-bond acceptors (Lipinski definition) is 6. The highest BCUT2D eigenvalue weighted by Crippen LogP contribution is 2.37. The molecule has 1 aromatic heterocycles. The van der Waals surface area contributed by atoms with Crippen molar-refractivity contribution in [1.82, 2.24) is 15.3 Å². The van der Waals surface area contributed by atoms with Gasteiger partial charge in [-0.15, -0.1) is 0 Å². The van der Waals surface area contributed by atoms with Gasteiger partial charge < -0.3 is 20.1 Å². The third kappa shape index (κ3) is 4.17. The van der Waals surface area contributed by atoms with Crippen molar-refractivity contribution in [2.24, 2.45) is 0 Å². The predicted molar refractivity (Wildman–Crippen MR) is 112 cm³/mol. The highest BCUT2D eigenvalue weighted by molar-refractivity contribution is 6.42. The lowest BCUT2D eigenvalue weighted by Gasteiger charge is -2.25. The molecule has 152 valence electrons. The second-order valence-corrected chi connectivity index (χ2v) is 7.46. The van der Waals surface area contributed by atoms with E-state index in [0.29, 0.717) is 28.2 Å². The Kier molecular flexibility index (Phi) is 5.89. The number of nitrogens with one attached hydrogen (secondary N) is 2. The molecule has 1 saturated heterocycles. The van der Waals surface area contributed by atoms with Crippen LogP contribution in [0.15, 0.2) is 30.6 Å². The molecule has 6 nitrogen and oxygen atoms in total. The summed E-state index contributed by atoms with van der Waals surface area (Å²) in [5.74, 6) is 0.931. The Morgan fingerprint density at radius 2 is 2.07 bits per heavy atom. The zero-order chi connectivity index (χ0) is 20.4. The quantitative estimate of drug-likeness (QED) is 0.550. The van der Waals surface area contributed by atoms with Crippen LogP contribution in [0.3, 0.4) is 0 Å². The smallest absolute Gasteiger partial charge is 0.166 e. The van der Waals surface area contributed by atoms with Crippen molar-refractivity contribution in [3.05, 3.63) is 46.5 Å². The number of ether oxygens (including phenoxy) is 2. The third-order valence-corrected chi connectivity index (χ3v) is 5.54. The summed E-state index contributed by atoms with van der Waals surface area (Å²) in [6, 6.07) is 6.61. The maximum absolute atomic E-state index is 14.5. The number of halogens is 3. The Labute approximate surface area is 177 Å². The molecule has 1 aliphatic rings. The van der Waals surface area contributed by atoms with Gasteiger partial charge in [-0.05, 0) is 37.6 Å². The highest BCUT2D eigenvalue weighted by Gasteiger charge is 2.19. The second kappa shape index (κ2) is 8.57. The topological polar surface area (TPSA) is 68.3 Å². The van der Waals surface area contributed by atoms with Crippen LogP contribution < -0.4 is 20.1 Å². The summed E-state index contributed by atoms with van der Waals surface area (Å²) in [5, 5.41) is 6.95. The number of piperidine rings is 1. The molecule has 1 fully saturated rings. The lowest BCUT2D eigenvalue weighted by molar-refractivity contribution is 0.161. The highest BCUT2D eigenvalue weighted by atomic mass is 35.5. The van der Waals surface area contributed by atoms with Gasteiger partial charge in [0.15, 0.2) is 17.3 Å². The normalized spacial score (nSPS) is 16.6. The third-order valence-electron chi connectivity index (χ3n) is 4.75. The van der Waals surface area contributed by atoms with Crippen LogP contribution in [0.1, 0.15) is 12.8 Å². The molecule has 0 spiro atoms. The molecule has 0 radical (unpaired) electrons. The van der Waals surface area contributed by atoms with Gasteiger partial charge in [0.05, 0.1) is 28.4 Å². The van der Waals surface area contributed by atoms with Crippen LogP contribution in [0, 0.1) is 5.82 Å². The van der Waals surface area contributed by atoms with Crippen LogP contribution in [0.2, 0.25) is 10.0 Å². The van der Waals surface area contributed by atoms with Crippen molar-refractivity contribution in [3.8, 4) is 11.5 Å². The average Bonchev–Trinajstić information content (AvgIpc) is 2.74. The molecule has 1 atom stereocenters. The first-order valence-electron chi connectivity index (χ1n) is 9.17. The van der Waals surface area contributed by atoms with Gasteiger partial charge in [0.1, 0.15) is 18.2 Å². The monoisotopic (exact) mass is 436 g/mol. The van der Waals surface area contributed by atoms with Crippen molar-refractivity contribution in [1.29, 1.82) is 0 Å². The van der Waals surface area contributed by atoms with E-state index >= 15 is 0 Å². The van der Waals surface area contributed by atoms with Crippen LogP contribution in [-0.4, -0.2) is 36.3 Å². The summed E-state index contributed by atoms with van der Waals surface area (Å²) in [4.78, 5) is 8.56. The molecule has 2 aromatic carbocycles. The molecule has 0 bridgehead atoms. The van der Waals surface area contributed by atoms with E-state index < -0.39 is 5.82 Å². The molecule has 9 heteroatoms. The maximum Gasteiger partial charge on any atom is 0.166 e. The zero-order valence-electron chi connectivity index (χ0n) is 15.6.